The molecule has 1 amide bonds. The number of nitrogens with two attached hydrogens (primary N) is 1. The van der Waals surface area contributed by atoms with Crippen LogP contribution in [0.2, 0.25) is 5.02 Å². The first-order chi connectivity index (χ1) is 12.3. The summed E-state index contributed by atoms with van der Waals surface area (Å²) in [5.74, 6) is -0.311. The lowest BCUT2D eigenvalue weighted by atomic mass is 10.1. The Kier molecular flexibility index (Phi) is 11.0. The Bertz CT molecular complexity index is 777. The number of rotatable bonds is 7. The summed E-state index contributed by atoms with van der Waals surface area (Å²) in [7, 11) is 0. The lowest BCUT2D eigenvalue weighted by Crippen LogP contribution is -2.28. The lowest BCUT2D eigenvalue weighted by Gasteiger charge is -2.11. The zero-order chi connectivity index (χ0) is 19.2. The van der Waals surface area contributed by atoms with Crippen LogP contribution in [0, 0.1) is 0 Å². The molecule has 0 saturated heterocycles. The van der Waals surface area contributed by atoms with Gasteiger partial charge in [-0.05, 0) is 24.1 Å². The van der Waals surface area contributed by atoms with Crippen LogP contribution in [0.1, 0.15) is 17.5 Å². The number of hydrogen-bond acceptors (Lipinski definition) is 4. The number of alkyl halides is 3. The molecule has 1 heterocycles. The van der Waals surface area contributed by atoms with Gasteiger partial charge in [-0.3, -0.25) is 4.79 Å². The third-order valence-electron chi connectivity index (χ3n) is 3.47. The van der Waals surface area contributed by atoms with E-state index in [2.05, 4.69) is 10.3 Å². The number of para-hydroxylation sites is 1. The van der Waals surface area contributed by atoms with Gasteiger partial charge in [-0.1, -0.05) is 29.8 Å². The van der Waals surface area contributed by atoms with Crippen LogP contribution in [0.25, 0.3) is 0 Å². The van der Waals surface area contributed by atoms with Gasteiger partial charge in [-0.25, -0.2) is 4.98 Å². The van der Waals surface area contributed by atoms with Crippen LogP contribution in [-0.2, 0) is 17.4 Å². The second kappa shape index (κ2) is 11.8. The standard InChI is InChI=1S/C17H17ClF3N3O2.2ClH/c18-13-9-12(17(19,20)21)10-24-16(13)26-8-7-23-15(25)6-5-11-3-1-2-4-14(11)22;;/h1-4,9-10H,5-8,22H2,(H,23,25);2*1H. The number of aromatic nitrogens is 1. The average Bonchev–Trinajstić information content (AvgIpc) is 2.58. The number of carbonyl (C=O) groups excluding carboxylic acids is 1. The van der Waals surface area contributed by atoms with Crippen molar-refractivity contribution in [3.8, 4) is 5.88 Å². The van der Waals surface area contributed by atoms with E-state index < -0.39 is 11.7 Å². The number of pyridine rings is 1. The number of aryl methyl sites for hydroxylation is 1. The molecule has 0 spiro atoms. The van der Waals surface area contributed by atoms with E-state index in [1.165, 1.54) is 0 Å². The van der Waals surface area contributed by atoms with Crippen molar-refractivity contribution in [3.05, 3.63) is 52.7 Å². The van der Waals surface area contributed by atoms with Gasteiger partial charge in [0.05, 0.1) is 12.1 Å². The summed E-state index contributed by atoms with van der Waals surface area (Å²) in [6.07, 6.45) is -3.12. The summed E-state index contributed by atoms with van der Waals surface area (Å²) in [4.78, 5) is 15.3. The molecule has 0 aliphatic rings. The molecule has 1 aromatic heterocycles. The van der Waals surface area contributed by atoms with Crippen LogP contribution in [-0.4, -0.2) is 24.0 Å². The van der Waals surface area contributed by atoms with Gasteiger partial charge in [-0.15, -0.1) is 24.8 Å². The minimum Gasteiger partial charge on any atom is -0.475 e. The number of anilines is 1. The van der Waals surface area contributed by atoms with Crippen LogP contribution in [0.3, 0.4) is 0 Å². The number of hydrogen-bond donors (Lipinski definition) is 2. The SMILES string of the molecule is Cl.Cl.Nc1ccccc1CCC(=O)NCCOc1ncc(C(F)(F)F)cc1Cl. The van der Waals surface area contributed by atoms with E-state index in [1.54, 1.807) is 6.07 Å². The minimum absolute atomic E-state index is 0. The summed E-state index contributed by atoms with van der Waals surface area (Å²) < 4.78 is 42.8. The van der Waals surface area contributed by atoms with Crippen molar-refractivity contribution in [2.24, 2.45) is 0 Å². The van der Waals surface area contributed by atoms with Crippen molar-refractivity contribution >= 4 is 48.0 Å². The van der Waals surface area contributed by atoms with Gasteiger partial charge < -0.3 is 15.8 Å². The van der Waals surface area contributed by atoms with Gasteiger partial charge >= 0.3 is 6.18 Å². The number of halogens is 6. The number of carbonyl (C=O) groups is 1. The molecule has 11 heteroatoms. The zero-order valence-corrected chi connectivity index (χ0v) is 16.9. The molecule has 2 aromatic rings. The highest BCUT2D eigenvalue weighted by Gasteiger charge is 2.31. The van der Waals surface area contributed by atoms with Crippen LogP contribution in [0.5, 0.6) is 5.88 Å². The Hall–Kier alpha value is -1.90. The number of nitrogen functional groups attached to an aromatic ring is 1. The van der Waals surface area contributed by atoms with Gasteiger partial charge in [0.2, 0.25) is 11.8 Å². The second-order valence-corrected chi connectivity index (χ2v) is 5.81. The summed E-state index contributed by atoms with van der Waals surface area (Å²) in [6, 6.07) is 8.02. The second-order valence-electron chi connectivity index (χ2n) is 5.41. The third kappa shape index (κ3) is 8.00. The monoisotopic (exact) mass is 459 g/mol. The van der Waals surface area contributed by atoms with Gasteiger partial charge in [0.1, 0.15) is 11.6 Å². The topological polar surface area (TPSA) is 77.2 Å². The maximum absolute atomic E-state index is 12.5. The maximum atomic E-state index is 12.5. The molecule has 0 bridgehead atoms. The molecule has 1 aromatic carbocycles. The fraction of sp³-hybridized carbons (Fsp3) is 0.294. The average molecular weight is 461 g/mol. The summed E-state index contributed by atoms with van der Waals surface area (Å²) in [5.41, 5.74) is 6.37. The first-order valence-corrected chi connectivity index (χ1v) is 8.11. The quantitative estimate of drug-likeness (QED) is 0.477. The van der Waals surface area contributed by atoms with E-state index in [-0.39, 0.29) is 61.2 Å². The van der Waals surface area contributed by atoms with Gasteiger partial charge in [0.25, 0.3) is 0 Å². The van der Waals surface area contributed by atoms with E-state index >= 15 is 0 Å². The Morgan fingerprint density at radius 1 is 1.25 bits per heavy atom. The molecule has 0 aliphatic carbocycles. The maximum Gasteiger partial charge on any atom is 0.417 e. The molecule has 0 fully saturated rings. The predicted molar refractivity (Wildman–Crippen MR) is 106 cm³/mol. The lowest BCUT2D eigenvalue weighted by molar-refractivity contribution is -0.137. The highest BCUT2D eigenvalue weighted by molar-refractivity contribution is 6.31. The molecule has 0 unspecified atom stereocenters. The Balaban J connectivity index is 0.00000364. The Labute approximate surface area is 177 Å². The van der Waals surface area contributed by atoms with Crippen LogP contribution < -0.4 is 15.8 Å². The van der Waals surface area contributed by atoms with Crippen molar-refractivity contribution in [2.75, 3.05) is 18.9 Å². The molecule has 156 valence electrons. The van der Waals surface area contributed by atoms with E-state index in [1.807, 2.05) is 18.2 Å². The predicted octanol–water partition coefficient (Wildman–Crippen LogP) is 4.31. The molecule has 0 aliphatic heterocycles. The number of nitrogens with zero attached hydrogens (tertiary/aromatic N) is 1. The first-order valence-electron chi connectivity index (χ1n) is 7.73. The van der Waals surface area contributed by atoms with Gasteiger partial charge in [0, 0.05) is 18.3 Å². The highest BCUT2D eigenvalue weighted by atomic mass is 35.5. The molecule has 0 atom stereocenters. The van der Waals surface area contributed by atoms with Gasteiger partial charge in [0.15, 0.2) is 0 Å². The number of benzene rings is 1. The largest absolute Gasteiger partial charge is 0.475 e. The zero-order valence-electron chi connectivity index (χ0n) is 14.5. The molecule has 3 N–H and O–H groups in total. The summed E-state index contributed by atoms with van der Waals surface area (Å²) in [6.45, 7) is 0.194. The molecular formula is C17H19Cl3F3N3O2. The molecule has 2 rings (SSSR count). The number of amides is 1. The van der Waals surface area contributed by atoms with Crippen LogP contribution in [0.15, 0.2) is 36.5 Å². The smallest absolute Gasteiger partial charge is 0.417 e. The Morgan fingerprint density at radius 3 is 2.54 bits per heavy atom. The Morgan fingerprint density at radius 2 is 1.93 bits per heavy atom. The summed E-state index contributed by atoms with van der Waals surface area (Å²) in [5, 5.41) is 2.40. The normalized spacial score (nSPS) is 10.4. The van der Waals surface area contributed by atoms with Crippen molar-refractivity contribution in [1.29, 1.82) is 0 Å². The van der Waals surface area contributed by atoms with Crippen molar-refractivity contribution in [2.45, 2.75) is 19.0 Å². The summed E-state index contributed by atoms with van der Waals surface area (Å²) >= 11 is 5.72. The van der Waals surface area contributed by atoms with Crippen LogP contribution >= 0.6 is 36.4 Å². The van der Waals surface area contributed by atoms with Crippen molar-refractivity contribution in [1.82, 2.24) is 10.3 Å². The van der Waals surface area contributed by atoms with Crippen LogP contribution in [0.4, 0.5) is 18.9 Å². The molecule has 0 radical (unpaired) electrons. The van der Waals surface area contributed by atoms with E-state index in [4.69, 9.17) is 22.1 Å². The molecular weight excluding hydrogens is 442 g/mol. The molecule has 28 heavy (non-hydrogen) atoms. The molecule has 0 saturated carbocycles. The fourth-order valence-electron chi connectivity index (χ4n) is 2.12. The number of nitrogens with one attached hydrogen (secondary N) is 1. The minimum atomic E-state index is -4.52. The molecule has 5 nitrogen and oxygen atoms in total. The third-order valence-corrected chi connectivity index (χ3v) is 3.75. The first kappa shape index (κ1) is 26.1. The fourth-order valence-corrected chi connectivity index (χ4v) is 2.34. The van der Waals surface area contributed by atoms with Gasteiger partial charge in [-0.2, -0.15) is 13.2 Å². The van der Waals surface area contributed by atoms with E-state index in [0.717, 1.165) is 11.6 Å². The highest BCUT2D eigenvalue weighted by Crippen LogP contribution is 2.32. The number of ether oxygens (including phenoxy) is 1. The van der Waals surface area contributed by atoms with Crippen molar-refractivity contribution in [3.63, 3.8) is 0 Å². The van der Waals surface area contributed by atoms with E-state index in [9.17, 15) is 18.0 Å². The van der Waals surface area contributed by atoms with E-state index in [0.29, 0.717) is 18.3 Å². The van der Waals surface area contributed by atoms with Crippen molar-refractivity contribution < 1.29 is 22.7 Å².